The van der Waals surface area contributed by atoms with E-state index in [2.05, 4.69) is 9.80 Å². The number of hydrogen-bond acceptors (Lipinski definition) is 3. The number of nitrogens with zero attached hydrogens (tertiary/aromatic N) is 2. The fourth-order valence-electron chi connectivity index (χ4n) is 3.44. The first-order valence-corrected chi connectivity index (χ1v) is 8.71. The van der Waals surface area contributed by atoms with Crippen molar-refractivity contribution in [1.29, 1.82) is 0 Å². The molecule has 0 aliphatic carbocycles. The van der Waals surface area contributed by atoms with Crippen LogP contribution < -0.4 is 0 Å². The molecule has 3 heterocycles. The molecule has 3 nitrogen and oxygen atoms in total. The molecule has 0 radical (unpaired) electrons. The molecule has 0 aromatic carbocycles. The summed E-state index contributed by atoms with van der Waals surface area (Å²) in [5, 5.41) is 2.03. The van der Waals surface area contributed by atoms with Crippen molar-refractivity contribution >= 4 is 17.2 Å². The van der Waals surface area contributed by atoms with E-state index in [0.29, 0.717) is 6.04 Å². The van der Waals surface area contributed by atoms with Crippen LogP contribution in [0.25, 0.3) is 0 Å². The third-order valence-electron chi connectivity index (χ3n) is 4.65. The van der Waals surface area contributed by atoms with E-state index in [1.807, 2.05) is 18.4 Å². The molecule has 20 heavy (non-hydrogen) atoms. The van der Waals surface area contributed by atoms with Crippen LogP contribution in [0.2, 0.25) is 0 Å². The molecule has 1 amide bonds. The summed E-state index contributed by atoms with van der Waals surface area (Å²) in [5.41, 5.74) is 1.13. The molecule has 0 bridgehead atoms. The molecule has 3 rings (SSSR count). The average molecular weight is 292 g/mol. The molecule has 0 spiro atoms. The Morgan fingerprint density at radius 3 is 2.65 bits per heavy atom. The Morgan fingerprint density at radius 1 is 1.20 bits per heavy atom. The highest BCUT2D eigenvalue weighted by atomic mass is 32.1. The Balaban J connectivity index is 1.71. The van der Waals surface area contributed by atoms with Gasteiger partial charge in [0.05, 0.1) is 4.88 Å². The largest absolute Gasteiger partial charge is 0.336 e. The van der Waals surface area contributed by atoms with E-state index in [0.717, 1.165) is 30.0 Å². The van der Waals surface area contributed by atoms with Crippen molar-refractivity contribution < 1.29 is 4.79 Å². The monoisotopic (exact) mass is 292 g/mol. The van der Waals surface area contributed by atoms with Gasteiger partial charge in [0.15, 0.2) is 0 Å². The molecule has 1 aromatic rings. The van der Waals surface area contributed by atoms with Crippen molar-refractivity contribution in [3.8, 4) is 0 Å². The van der Waals surface area contributed by atoms with Crippen LogP contribution in [-0.4, -0.2) is 47.9 Å². The minimum Gasteiger partial charge on any atom is -0.336 e. The highest BCUT2D eigenvalue weighted by Gasteiger charge is 2.29. The van der Waals surface area contributed by atoms with Crippen LogP contribution >= 0.6 is 11.3 Å². The van der Waals surface area contributed by atoms with E-state index in [1.54, 1.807) is 11.3 Å². The summed E-state index contributed by atoms with van der Waals surface area (Å²) in [5.74, 6) is 0.253. The van der Waals surface area contributed by atoms with Gasteiger partial charge in [0.2, 0.25) is 0 Å². The molecule has 2 aliphatic rings. The molecular weight excluding hydrogens is 268 g/mol. The van der Waals surface area contributed by atoms with Crippen LogP contribution in [0, 0.1) is 6.92 Å². The van der Waals surface area contributed by atoms with Crippen LogP contribution in [0.3, 0.4) is 0 Å². The molecule has 0 saturated carbocycles. The Hall–Kier alpha value is -0.870. The zero-order valence-corrected chi connectivity index (χ0v) is 13.1. The zero-order valence-electron chi connectivity index (χ0n) is 12.3. The second-order valence-corrected chi connectivity index (χ2v) is 6.99. The summed E-state index contributed by atoms with van der Waals surface area (Å²) < 4.78 is 0. The predicted octanol–water partition coefficient (Wildman–Crippen LogP) is 3.15. The fraction of sp³-hybridized carbons (Fsp3) is 0.688. The number of likely N-dealkylation sites (tertiary alicyclic amines) is 2. The minimum absolute atomic E-state index is 0.253. The molecule has 1 aromatic heterocycles. The summed E-state index contributed by atoms with van der Waals surface area (Å²) in [6.07, 6.45) is 6.32. The van der Waals surface area contributed by atoms with Gasteiger partial charge in [-0.05, 0) is 62.7 Å². The number of amides is 1. The van der Waals surface area contributed by atoms with Gasteiger partial charge in [0.25, 0.3) is 5.91 Å². The van der Waals surface area contributed by atoms with Crippen molar-refractivity contribution in [2.75, 3.05) is 26.2 Å². The maximum absolute atomic E-state index is 12.7. The van der Waals surface area contributed by atoms with E-state index in [9.17, 15) is 4.79 Å². The molecular formula is C16H24N2OS. The standard InChI is InChI=1S/C16H24N2OS/c1-13-7-11-20-15(13)16(19)18-10-3-2-6-14(12-18)17-8-4-5-9-17/h7,11,14H,2-6,8-10,12H2,1H3. The third kappa shape index (κ3) is 2.91. The van der Waals surface area contributed by atoms with Crippen LogP contribution in [-0.2, 0) is 0 Å². The number of aryl methyl sites for hydroxylation is 1. The lowest BCUT2D eigenvalue weighted by Crippen LogP contribution is -2.43. The second kappa shape index (κ2) is 6.27. The smallest absolute Gasteiger partial charge is 0.264 e. The van der Waals surface area contributed by atoms with Crippen molar-refractivity contribution in [2.24, 2.45) is 0 Å². The van der Waals surface area contributed by atoms with E-state index in [4.69, 9.17) is 0 Å². The first-order chi connectivity index (χ1) is 9.75. The van der Waals surface area contributed by atoms with E-state index in [1.165, 1.54) is 38.8 Å². The van der Waals surface area contributed by atoms with Crippen LogP contribution in [0.4, 0.5) is 0 Å². The lowest BCUT2D eigenvalue weighted by atomic mass is 10.1. The summed E-state index contributed by atoms with van der Waals surface area (Å²) in [6.45, 7) is 6.35. The SMILES string of the molecule is Cc1ccsc1C(=O)N1CCCCC(N2CCCC2)C1. The highest BCUT2D eigenvalue weighted by molar-refractivity contribution is 7.12. The second-order valence-electron chi connectivity index (χ2n) is 6.08. The maximum Gasteiger partial charge on any atom is 0.264 e. The predicted molar refractivity (Wildman–Crippen MR) is 83.4 cm³/mol. The van der Waals surface area contributed by atoms with Gasteiger partial charge in [-0.1, -0.05) is 6.42 Å². The van der Waals surface area contributed by atoms with Crippen molar-refractivity contribution in [3.63, 3.8) is 0 Å². The highest BCUT2D eigenvalue weighted by Crippen LogP contribution is 2.24. The normalized spacial score (nSPS) is 24.9. The molecule has 2 fully saturated rings. The first kappa shape index (κ1) is 14.1. The number of hydrogen-bond donors (Lipinski definition) is 0. The summed E-state index contributed by atoms with van der Waals surface area (Å²) in [6, 6.07) is 2.64. The third-order valence-corrected chi connectivity index (χ3v) is 5.65. The van der Waals surface area contributed by atoms with Gasteiger partial charge in [0, 0.05) is 19.1 Å². The summed E-state index contributed by atoms with van der Waals surface area (Å²) in [4.78, 5) is 18.4. The molecule has 1 atom stereocenters. The molecule has 0 N–H and O–H groups in total. The van der Waals surface area contributed by atoms with Crippen molar-refractivity contribution in [1.82, 2.24) is 9.80 Å². The lowest BCUT2D eigenvalue weighted by molar-refractivity contribution is 0.0718. The number of rotatable bonds is 2. The van der Waals surface area contributed by atoms with Crippen molar-refractivity contribution in [3.05, 3.63) is 21.9 Å². The van der Waals surface area contributed by atoms with Gasteiger partial charge in [-0.15, -0.1) is 11.3 Å². The van der Waals surface area contributed by atoms with Gasteiger partial charge in [-0.3, -0.25) is 9.69 Å². The average Bonchev–Trinajstić information content (AvgIpc) is 3.05. The van der Waals surface area contributed by atoms with E-state index < -0.39 is 0 Å². The molecule has 1 unspecified atom stereocenters. The Labute approximate surface area is 125 Å². The maximum atomic E-state index is 12.7. The van der Waals surface area contributed by atoms with Gasteiger partial charge in [-0.25, -0.2) is 0 Å². The van der Waals surface area contributed by atoms with Crippen LogP contribution in [0.1, 0.15) is 47.3 Å². The van der Waals surface area contributed by atoms with Crippen LogP contribution in [0.15, 0.2) is 11.4 Å². The number of carbonyl (C=O) groups is 1. The fourth-order valence-corrected chi connectivity index (χ4v) is 4.34. The van der Waals surface area contributed by atoms with Gasteiger partial charge in [-0.2, -0.15) is 0 Å². The molecule has 2 aliphatic heterocycles. The first-order valence-electron chi connectivity index (χ1n) is 7.83. The van der Waals surface area contributed by atoms with E-state index in [-0.39, 0.29) is 5.91 Å². The Bertz CT molecular complexity index is 465. The number of thiophene rings is 1. The lowest BCUT2D eigenvalue weighted by Gasteiger charge is -2.30. The summed E-state index contributed by atoms with van der Waals surface area (Å²) in [7, 11) is 0. The van der Waals surface area contributed by atoms with Gasteiger partial charge >= 0.3 is 0 Å². The zero-order chi connectivity index (χ0) is 13.9. The number of carbonyl (C=O) groups excluding carboxylic acids is 1. The summed E-state index contributed by atoms with van der Waals surface area (Å²) >= 11 is 1.59. The van der Waals surface area contributed by atoms with Crippen LogP contribution in [0.5, 0.6) is 0 Å². The van der Waals surface area contributed by atoms with Gasteiger partial charge < -0.3 is 4.90 Å². The molecule has 2 saturated heterocycles. The quantitative estimate of drug-likeness (QED) is 0.836. The molecule has 4 heteroatoms. The topological polar surface area (TPSA) is 23.6 Å². The molecule has 110 valence electrons. The minimum atomic E-state index is 0.253. The van der Waals surface area contributed by atoms with Crippen molar-refractivity contribution in [2.45, 2.75) is 45.1 Å². The van der Waals surface area contributed by atoms with Gasteiger partial charge in [0.1, 0.15) is 0 Å². The Kier molecular flexibility index (Phi) is 4.41. The van der Waals surface area contributed by atoms with E-state index >= 15 is 0 Å². The Morgan fingerprint density at radius 2 is 1.95 bits per heavy atom.